The monoisotopic (exact) mass is 472 g/mol. The zero-order valence-corrected chi connectivity index (χ0v) is 21.3. The molecule has 0 unspecified atom stereocenters. The van der Waals surface area contributed by atoms with E-state index in [1.54, 1.807) is 0 Å². The summed E-state index contributed by atoms with van der Waals surface area (Å²) >= 11 is 0. The fourth-order valence-electron chi connectivity index (χ4n) is 4.25. The molecule has 0 saturated carbocycles. The number of nitrogens with one attached hydrogen (secondary N) is 1. The van der Waals surface area contributed by atoms with Gasteiger partial charge in [0.2, 0.25) is 0 Å². The Morgan fingerprint density at radius 2 is 2.03 bits per heavy atom. The number of nitrogens with zero attached hydrogens (tertiary/aromatic N) is 3. The van der Waals surface area contributed by atoms with Gasteiger partial charge in [0, 0.05) is 61.5 Å². The Balaban J connectivity index is 1.51. The van der Waals surface area contributed by atoms with E-state index in [0.29, 0.717) is 18.7 Å². The van der Waals surface area contributed by atoms with Crippen molar-refractivity contribution in [2.75, 3.05) is 33.7 Å². The van der Waals surface area contributed by atoms with Gasteiger partial charge in [-0.15, -0.1) is 0 Å². The Labute approximate surface area is 209 Å². The van der Waals surface area contributed by atoms with Crippen molar-refractivity contribution in [1.29, 1.82) is 5.26 Å². The van der Waals surface area contributed by atoms with E-state index in [-0.39, 0.29) is 0 Å². The van der Waals surface area contributed by atoms with E-state index in [1.165, 1.54) is 16.8 Å². The molecule has 6 heteroatoms. The fraction of sp³-hybridized carbons (Fsp3) is 0.379. The molecular weight excluding hydrogens is 436 g/mol. The Morgan fingerprint density at radius 1 is 1.20 bits per heavy atom. The molecule has 3 rings (SSSR count). The number of rotatable bonds is 13. The number of benzene rings is 2. The molecule has 0 saturated heterocycles. The average molecular weight is 473 g/mol. The molecule has 0 aliphatic heterocycles. The maximum atomic E-state index is 11.5. The second-order valence-corrected chi connectivity index (χ2v) is 9.12. The van der Waals surface area contributed by atoms with Crippen LogP contribution in [0.4, 0.5) is 0 Å². The summed E-state index contributed by atoms with van der Waals surface area (Å²) in [5.74, 6) is 0.753. The SMILES string of the molecule is CCN(CCNCc1ccc(COc2cccc(C=O)c2CN(C)C)c(C)c1)C1=CC=C(C#N)C1. The van der Waals surface area contributed by atoms with Gasteiger partial charge in [0.25, 0.3) is 0 Å². The Bertz CT molecular complexity index is 1130. The predicted octanol–water partition coefficient (Wildman–Crippen LogP) is 4.60. The molecule has 184 valence electrons. The Kier molecular flexibility index (Phi) is 9.66. The van der Waals surface area contributed by atoms with Gasteiger partial charge in [0.15, 0.2) is 6.29 Å². The number of likely N-dealkylation sites (N-methyl/N-ethyl adjacent to an activating group) is 1. The van der Waals surface area contributed by atoms with Crippen molar-refractivity contribution in [1.82, 2.24) is 15.1 Å². The van der Waals surface area contributed by atoms with E-state index in [2.05, 4.69) is 54.4 Å². The highest BCUT2D eigenvalue weighted by atomic mass is 16.5. The first-order valence-corrected chi connectivity index (χ1v) is 12.1. The predicted molar refractivity (Wildman–Crippen MR) is 140 cm³/mol. The molecule has 0 radical (unpaired) electrons. The number of allylic oxidation sites excluding steroid dienone is 3. The van der Waals surface area contributed by atoms with Gasteiger partial charge in [0.05, 0.1) is 6.07 Å². The molecule has 1 aliphatic rings. The normalized spacial score (nSPS) is 12.8. The summed E-state index contributed by atoms with van der Waals surface area (Å²) in [6, 6.07) is 14.3. The van der Waals surface area contributed by atoms with Gasteiger partial charge in [-0.1, -0.05) is 30.3 Å². The lowest BCUT2D eigenvalue weighted by atomic mass is 10.0. The van der Waals surface area contributed by atoms with Crippen LogP contribution in [0, 0.1) is 18.3 Å². The first-order chi connectivity index (χ1) is 16.9. The van der Waals surface area contributed by atoms with Gasteiger partial charge in [-0.05, 0) is 62.9 Å². The Hall–Kier alpha value is -3.40. The fourth-order valence-corrected chi connectivity index (χ4v) is 4.25. The third-order valence-electron chi connectivity index (χ3n) is 6.23. The molecule has 0 amide bonds. The topological polar surface area (TPSA) is 68.6 Å². The van der Waals surface area contributed by atoms with Gasteiger partial charge in [-0.25, -0.2) is 0 Å². The zero-order valence-electron chi connectivity index (χ0n) is 21.3. The third-order valence-corrected chi connectivity index (χ3v) is 6.23. The lowest BCUT2D eigenvalue weighted by Gasteiger charge is -2.24. The maximum absolute atomic E-state index is 11.5. The summed E-state index contributed by atoms with van der Waals surface area (Å²) in [6.07, 6.45) is 5.61. The average Bonchev–Trinajstić information content (AvgIpc) is 3.33. The quantitative estimate of drug-likeness (QED) is 0.340. The number of aldehydes is 1. The number of nitriles is 1. The van der Waals surface area contributed by atoms with Crippen molar-refractivity contribution in [3.8, 4) is 11.8 Å². The highest BCUT2D eigenvalue weighted by Gasteiger charge is 2.14. The van der Waals surface area contributed by atoms with Gasteiger partial charge in [-0.2, -0.15) is 5.26 Å². The van der Waals surface area contributed by atoms with E-state index < -0.39 is 0 Å². The van der Waals surface area contributed by atoms with Crippen LogP contribution >= 0.6 is 0 Å². The molecule has 35 heavy (non-hydrogen) atoms. The molecule has 2 aromatic rings. The minimum atomic E-state index is 0.460. The molecule has 0 spiro atoms. The molecular formula is C29H36N4O2. The zero-order chi connectivity index (χ0) is 25.2. The van der Waals surface area contributed by atoms with Crippen molar-refractivity contribution in [3.05, 3.63) is 87.6 Å². The van der Waals surface area contributed by atoms with Gasteiger partial charge in [0.1, 0.15) is 12.4 Å². The lowest BCUT2D eigenvalue weighted by molar-refractivity contribution is 0.112. The van der Waals surface area contributed by atoms with E-state index >= 15 is 0 Å². The van der Waals surface area contributed by atoms with Crippen molar-refractivity contribution >= 4 is 6.29 Å². The molecule has 0 heterocycles. The molecule has 0 bridgehead atoms. The highest BCUT2D eigenvalue weighted by Crippen LogP contribution is 2.25. The second kappa shape index (κ2) is 12.9. The summed E-state index contributed by atoms with van der Waals surface area (Å²) in [5, 5.41) is 12.6. The maximum Gasteiger partial charge on any atom is 0.150 e. The molecule has 1 aliphatic carbocycles. The standard InChI is InChI=1S/C29H36N4O2/c1-5-33(27-12-10-23(16-27)17-30)14-13-31-18-24-9-11-26(22(2)15-24)21-35-29-8-6-7-25(20-34)28(29)19-32(3)4/h6-12,15,20,31H,5,13-14,16,18-19,21H2,1-4H3. The number of carbonyl (C=O) groups excluding carboxylic acids is 1. The van der Waals surface area contributed by atoms with Gasteiger partial charge < -0.3 is 19.9 Å². The number of aryl methyl sites for hydroxylation is 1. The third kappa shape index (κ3) is 7.29. The van der Waals surface area contributed by atoms with Crippen molar-refractivity contribution in [2.45, 2.75) is 40.0 Å². The smallest absolute Gasteiger partial charge is 0.150 e. The van der Waals surface area contributed by atoms with E-state index in [4.69, 9.17) is 10.00 Å². The Morgan fingerprint density at radius 3 is 2.69 bits per heavy atom. The van der Waals surface area contributed by atoms with Crippen LogP contribution in [0.1, 0.15) is 46.0 Å². The van der Waals surface area contributed by atoms with Gasteiger partial charge in [-0.3, -0.25) is 4.79 Å². The van der Waals surface area contributed by atoms with Crippen LogP contribution in [-0.2, 0) is 19.7 Å². The molecule has 0 aromatic heterocycles. The lowest BCUT2D eigenvalue weighted by Crippen LogP contribution is -2.31. The van der Waals surface area contributed by atoms with Crippen LogP contribution in [0.25, 0.3) is 0 Å². The van der Waals surface area contributed by atoms with Crippen molar-refractivity contribution < 1.29 is 9.53 Å². The molecule has 6 nitrogen and oxygen atoms in total. The van der Waals surface area contributed by atoms with E-state index in [1.807, 2.05) is 43.3 Å². The van der Waals surface area contributed by atoms with Crippen LogP contribution in [0.3, 0.4) is 0 Å². The van der Waals surface area contributed by atoms with E-state index in [0.717, 1.165) is 61.3 Å². The summed E-state index contributed by atoms with van der Waals surface area (Å²) < 4.78 is 6.15. The van der Waals surface area contributed by atoms with Crippen LogP contribution in [0.15, 0.2) is 59.8 Å². The summed E-state index contributed by atoms with van der Waals surface area (Å²) in [4.78, 5) is 15.8. The molecule has 2 aromatic carbocycles. The number of hydrogen-bond acceptors (Lipinski definition) is 6. The van der Waals surface area contributed by atoms with Gasteiger partial charge >= 0.3 is 0 Å². The van der Waals surface area contributed by atoms with Crippen molar-refractivity contribution in [2.24, 2.45) is 0 Å². The molecule has 0 fully saturated rings. The number of carbonyl (C=O) groups is 1. The number of ether oxygens (including phenoxy) is 1. The minimum Gasteiger partial charge on any atom is -0.489 e. The van der Waals surface area contributed by atoms with Crippen LogP contribution in [-0.4, -0.2) is 49.8 Å². The largest absolute Gasteiger partial charge is 0.489 e. The number of hydrogen-bond donors (Lipinski definition) is 1. The molecule has 0 atom stereocenters. The van der Waals surface area contributed by atoms with Crippen LogP contribution < -0.4 is 10.1 Å². The van der Waals surface area contributed by atoms with Crippen molar-refractivity contribution in [3.63, 3.8) is 0 Å². The summed E-state index contributed by atoms with van der Waals surface area (Å²) in [7, 11) is 3.96. The van der Waals surface area contributed by atoms with Crippen LogP contribution in [0.2, 0.25) is 0 Å². The summed E-state index contributed by atoms with van der Waals surface area (Å²) in [5.41, 5.74) is 7.19. The highest BCUT2D eigenvalue weighted by molar-refractivity contribution is 5.78. The first kappa shape index (κ1) is 26.2. The summed E-state index contributed by atoms with van der Waals surface area (Å²) in [6.45, 7) is 8.88. The second-order valence-electron chi connectivity index (χ2n) is 9.12. The first-order valence-electron chi connectivity index (χ1n) is 12.1. The molecule has 1 N–H and O–H groups in total. The minimum absolute atomic E-state index is 0.460. The van der Waals surface area contributed by atoms with E-state index in [9.17, 15) is 4.79 Å². The van der Waals surface area contributed by atoms with Crippen LogP contribution in [0.5, 0.6) is 5.75 Å².